The molecule has 1 aromatic heterocycles. The zero-order chi connectivity index (χ0) is 21.0. The summed E-state index contributed by atoms with van der Waals surface area (Å²) < 4.78 is 11.1. The van der Waals surface area contributed by atoms with E-state index in [-0.39, 0.29) is 24.2 Å². The SMILES string of the molecule is CCc1ccc(OCc2c(C(=O)NC(C)c3ccc(C)cc3C)noc2C)cc1. The fourth-order valence-corrected chi connectivity index (χ4v) is 3.37. The second-order valence-electron chi connectivity index (χ2n) is 7.41. The average molecular weight is 392 g/mol. The minimum atomic E-state index is -0.269. The van der Waals surface area contributed by atoms with Crippen LogP contribution < -0.4 is 10.1 Å². The summed E-state index contributed by atoms with van der Waals surface area (Å²) in [7, 11) is 0. The van der Waals surface area contributed by atoms with Crippen molar-refractivity contribution in [2.75, 3.05) is 0 Å². The number of rotatable bonds is 7. The summed E-state index contributed by atoms with van der Waals surface area (Å²) in [5, 5.41) is 6.99. The van der Waals surface area contributed by atoms with E-state index in [1.807, 2.05) is 50.2 Å². The Hall–Kier alpha value is -3.08. The predicted molar refractivity (Wildman–Crippen MR) is 113 cm³/mol. The Morgan fingerprint density at radius 2 is 1.86 bits per heavy atom. The molecule has 0 aliphatic rings. The summed E-state index contributed by atoms with van der Waals surface area (Å²) in [6.45, 7) is 10.2. The Labute approximate surface area is 172 Å². The number of aryl methyl sites for hydroxylation is 4. The Bertz CT molecular complexity index is 990. The predicted octanol–water partition coefficient (Wildman–Crippen LogP) is 5.23. The smallest absolute Gasteiger partial charge is 0.274 e. The molecule has 0 spiro atoms. The van der Waals surface area contributed by atoms with E-state index in [4.69, 9.17) is 9.26 Å². The molecule has 1 N–H and O–H groups in total. The molecule has 3 aromatic rings. The van der Waals surface area contributed by atoms with Crippen LogP contribution in [-0.2, 0) is 13.0 Å². The molecule has 0 bridgehead atoms. The summed E-state index contributed by atoms with van der Waals surface area (Å²) in [6, 6.07) is 14.0. The molecule has 1 unspecified atom stereocenters. The van der Waals surface area contributed by atoms with Gasteiger partial charge in [-0.15, -0.1) is 0 Å². The number of amides is 1. The third-order valence-corrected chi connectivity index (χ3v) is 5.15. The molecule has 2 aromatic carbocycles. The fourth-order valence-electron chi connectivity index (χ4n) is 3.37. The monoisotopic (exact) mass is 392 g/mol. The van der Waals surface area contributed by atoms with Crippen molar-refractivity contribution < 1.29 is 14.1 Å². The summed E-state index contributed by atoms with van der Waals surface area (Å²) in [6.07, 6.45) is 0.980. The highest BCUT2D eigenvalue weighted by Gasteiger charge is 2.22. The number of nitrogens with one attached hydrogen (secondary N) is 1. The zero-order valence-corrected chi connectivity index (χ0v) is 17.7. The molecule has 0 fully saturated rings. The van der Waals surface area contributed by atoms with Gasteiger partial charge in [0.1, 0.15) is 18.1 Å². The first-order valence-corrected chi connectivity index (χ1v) is 9.94. The van der Waals surface area contributed by atoms with E-state index in [0.717, 1.165) is 23.3 Å². The van der Waals surface area contributed by atoms with Crippen molar-refractivity contribution in [3.05, 3.63) is 81.7 Å². The van der Waals surface area contributed by atoms with Crippen LogP contribution in [0.15, 0.2) is 47.0 Å². The fraction of sp³-hybridized carbons (Fsp3) is 0.333. The van der Waals surface area contributed by atoms with Gasteiger partial charge in [-0.3, -0.25) is 4.79 Å². The van der Waals surface area contributed by atoms with Gasteiger partial charge in [0.25, 0.3) is 5.91 Å². The molecule has 0 radical (unpaired) electrons. The van der Waals surface area contributed by atoms with Crippen molar-refractivity contribution in [3.63, 3.8) is 0 Å². The quantitative estimate of drug-likeness (QED) is 0.598. The number of benzene rings is 2. The lowest BCUT2D eigenvalue weighted by Gasteiger charge is -2.17. The molecule has 29 heavy (non-hydrogen) atoms. The molecule has 1 heterocycles. The minimum Gasteiger partial charge on any atom is -0.489 e. The van der Waals surface area contributed by atoms with E-state index in [1.165, 1.54) is 11.1 Å². The van der Waals surface area contributed by atoms with Crippen molar-refractivity contribution in [1.82, 2.24) is 10.5 Å². The van der Waals surface area contributed by atoms with Gasteiger partial charge in [0.15, 0.2) is 5.69 Å². The Kier molecular flexibility index (Phi) is 6.37. The molecule has 0 saturated heterocycles. The van der Waals surface area contributed by atoms with Gasteiger partial charge in [-0.1, -0.05) is 48.0 Å². The first-order chi connectivity index (χ1) is 13.9. The minimum absolute atomic E-state index is 0.143. The van der Waals surface area contributed by atoms with Crippen LogP contribution in [-0.4, -0.2) is 11.1 Å². The normalized spacial score (nSPS) is 11.9. The van der Waals surface area contributed by atoms with Crippen LogP contribution in [0.1, 0.15) is 64.0 Å². The first kappa shape index (κ1) is 20.6. The Morgan fingerprint density at radius 1 is 1.14 bits per heavy atom. The van der Waals surface area contributed by atoms with Crippen molar-refractivity contribution in [1.29, 1.82) is 0 Å². The maximum Gasteiger partial charge on any atom is 0.274 e. The standard InChI is InChI=1S/C24H28N2O3/c1-6-19-8-10-20(11-9-19)28-14-22-18(5)29-26-23(22)24(27)25-17(4)21-12-7-15(2)13-16(21)3/h7-13,17H,6,14H2,1-5H3,(H,25,27). The van der Waals surface area contributed by atoms with Crippen LogP contribution in [0.5, 0.6) is 5.75 Å². The molecule has 1 atom stereocenters. The Balaban J connectivity index is 1.71. The van der Waals surface area contributed by atoms with E-state index < -0.39 is 0 Å². The van der Waals surface area contributed by atoms with E-state index in [1.54, 1.807) is 6.92 Å². The zero-order valence-electron chi connectivity index (χ0n) is 17.7. The summed E-state index contributed by atoms with van der Waals surface area (Å²) in [4.78, 5) is 12.8. The summed E-state index contributed by atoms with van der Waals surface area (Å²) >= 11 is 0. The maximum atomic E-state index is 12.8. The largest absolute Gasteiger partial charge is 0.489 e. The molecule has 0 aliphatic heterocycles. The van der Waals surface area contributed by atoms with E-state index in [9.17, 15) is 4.79 Å². The lowest BCUT2D eigenvalue weighted by atomic mass is 10.00. The van der Waals surface area contributed by atoms with Crippen molar-refractivity contribution in [2.45, 2.75) is 53.7 Å². The van der Waals surface area contributed by atoms with E-state index in [0.29, 0.717) is 11.3 Å². The molecule has 5 nitrogen and oxygen atoms in total. The highest BCUT2D eigenvalue weighted by atomic mass is 16.5. The van der Waals surface area contributed by atoms with Crippen LogP contribution in [0.4, 0.5) is 0 Å². The van der Waals surface area contributed by atoms with Crippen LogP contribution in [0.2, 0.25) is 0 Å². The molecule has 3 rings (SSSR count). The third-order valence-electron chi connectivity index (χ3n) is 5.15. The molecular formula is C24H28N2O3. The topological polar surface area (TPSA) is 64.4 Å². The van der Waals surface area contributed by atoms with Crippen LogP contribution in [0.3, 0.4) is 0 Å². The maximum absolute atomic E-state index is 12.8. The highest BCUT2D eigenvalue weighted by Crippen LogP contribution is 2.22. The van der Waals surface area contributed by atoms with Gasteiger partial charge in [0, 0.05) is 0 Å². The third kappa shape index (κ3) is 4.86. The lowest BCUT2D eigenvalue weighted by Crippen LogP contribution is -2.28. The van der Waals surface area contributed by atoms with Gasteiger partial charge in [-0.2, -0.15) is 0 Å². The van der Waals surface area contributed by atoms with Crippen LogP contribution in [0, 0.1) is 20.8 Å². The number of aromatic nitrogens is 1. The van der Waals surface area contributed by atoms with Crippen molar-refractivity contribution in [3.8, 4) is 5.75 Å². The molecular weight excluding hydrogens is 364 g/mol. The second kappa shape index (κ2) is 8.95. The van der Waals surface area contributed by atoms with E-state index in [2.05, 4.69) is 30.4 Å². The van der Waals surface area contributed by atoms with Gasteiger partial charge in [0.2, 0.25) is 0 Å². The first-order valence-electron chi connectivity index (χ1n) is 9.94. The van der Waals surface area contributed by atoms with Crippen LogP contribution in [0.25, 0.3) is 0 Å². The number of carbonyl (C=O) groups excluding carboxylic acids is 1. The van der Waals surface area contributed by atoms with E-state index >= 15 is 0 Å². The Morgan fingerprint density at radius 3 is 2.52 bits per heavy atom. The highest BCUT2D eigenvalue weighted by molar-refractivity contribution is 5.94. The number of hydrogen-bond donors (Lipinski definition) is 1. The van der Waals surface area contributed by atoms with Crippen molar-refractivity contribution in [2.24, 2.45) is 0 Å². The number of nitrogens with zero attached hydrogens (tertiary/aromatic N) is 1. The molecule has 0 saturated carbocycles. The second-order valence-corrected chi connectivity index (χ2v) is 7.41. The van der Waals surface area contributed by atoms with Gasteiger partial charge in [0.05, 0.1) is 11.6 Å². The molecule has 1 amide bonds. The summed E-state index contributed by atoms with van der Waals surface area (Å²) in [5.41, 5.74) is 5.60. The summed E-state index contributed by atoms with van der Waals surface area (Å²) in [5.74, 6) is 1.06. The number of hydrogen-bond acceptors (Lipinski definition) is 4. The molecule has 5 heteroatoms. The van der Waals surface area contributed by atoms with Gasteiger partial charge >= 0.3 is 0 Å². The van der Waals surface area contributed by atoms with Crippen LogP contribution >= 0.6 is 0 Å². The number of ether oxygens (including phenoxy) is 1. The number of carbonyl (C=O) groups is 1. The molecule has 0 aliphatic carbocycles. The van der Waals surface area contributed by atoms with Gasteiger partial charge in [-0.05, 0) is 62.9 Å². The average Bonchev–Trinajstić information content (AvgIpc) is 3.07. The molecule has 152 valence electrons. The van der Waals surface area contributed by atoms with Crippen molar-refractivity contribution >= 4 is 5.91 Å². The van der Waals surface area contributed by atoms with Gasteiger partial charge in [-0.25, -0.2) is 0 Å². The van der Waals surface area contributed by atoms with Gasteiger partial charge < -0.3 is 14.6 Å². The lowest BCUT2D eigenvalue weighted by molar-refractivity contribution is 0.0928.